The molecule has 0 saturated heterocycles. The molecular weight excluding hydrogens is 230 g/mol. The van der Waals surface area contributed by atoms with E-state index in [9.17, 15) is 4.79 Å². The molecule has 0 aromatic heterocycles. The second kappa shape index (κ2) is 6.87. The molecule has 0 fully saturated rings. The topological polar surface area (TPSA) is 50.1 Å². The summed E-state index contributed by atoms with van der Waals surface area (Å²) in [6.45, 7) is 12.2. The van der Waals surface area contributed by atoms with Gasteiger partial charge in [-0.25, -0.2) is 4.79 Å². The number of ether oxygens (including phenoxy) is 1. The van der Waals surface area contributed by atoms with Gasteiger partial charge in [0, 0.05) is 0 Å². The minimum Gasteiger partial charge on any atom is -0.457 e. The molecule has 0 aliphatic rings. The van der Waals surface area contributed by atoms with Gasteiger partial charge in [0.15, 0.2) is 0 Å². The van der Waals surface area contributed by atoms with Crippen molar-refractivity contribution in [2.24, 2.45) is 0 Å². The Labute approximate surface area is 104 Å². The van der Waals surface area contributed by atoms with Crippen molar-refractivity contribution >= 4 is 14.0 Å². The van der Waals surface area contributed by atoms with Crippen LogP contribution in [0.5, 0.6) is 0 Å². The molecule has 0 aromatic rings. The second-order valence-electron chi connectivity index (χ2n) is 4.57. The molecule has 0 atom stereocenters. The Morgan fingerprint density at radius 3 is 2.41 bits per heavy atom. The molecule has 3 nitrogen and oxygen atoms in total. The van der Waals surface area contributed by atoms with Crippen molar-refractivity contribution < 1.29 is 9.53 Å². The number of carbonyl (C=O) groups excluding carboxylic acids is 1. The summed E-state index contributed by atoms with van der Waals surface area (Å²) in [5.41, 5.74) is -0.0222. The molecule has 0 aliphatic heterocycles. The fourth-order valence-electron chi connectivity index (χ4n) is 1.22. The number of allylic oxidation sites excluding steroid dienone is 3. The summed E-state index contributed by atoms with van der Waals surface area (Å²) < 4.78 is 5.12. The van der Waals surface area contributed by atoms with E-state index in [4.69, 9.17) is 10.00 Å². The highest BCUT2D eigenvalue weighted by Gasteiger charge is 2.20. The Morgan fingerprint density at radius 1 is 1.47 bits per heavy atom. The highest BCUT2D eigenvalue weighted by Crippen LogP contribution is 2.15. The van der Waals surface area contributed by atoms with Gasteiger partial charge in [-0.3, -0.25) is 0 Å². The van der Waals surface area contributed by atoms with Crippen molar-refractivity contribution in [1.82, 2.24) is 0 Å². The first-order valence-electron chi connectivity index (χ1n) is 5.42. The highest BCUT2D eigenvalue weighted by atomic mass is 28.3. The average molecular weight is 249 g/mol. The zero-order chi connectivity index (χ0) is 13.5. The highest BCUT2D eigenvalue weighted by molar-refractivity contribution is 6.83. The summed E-state index contributed by atoms with van der Waals surface area (Å²) in [5.74, 6) is -0.593. The van der Waals surface area contributed by atoms with Crippen LogP contribution in [0.1, 0.15) is 6.92 Å². The molecule has 0 spiro atoms. The number of hydrogen-bond acceptors (Lipinski definition) is 3. The normalized spacial score (nSPS) is 12.9. The number of nitriles is 1. The van der Waals surface area contributed by atoms with Gasteiger partial charge in [0.25, 0.3) is 0 Å². The maximum absolute atomic E-state index is 11.5. The van der Waals surface area contributed by atoms with E-state index >= 15 is 0 Å². The van der Waals surface area contributed by atoms with Gasteiger partial charge in [0.1, 0.15) is 18.2 Å². The third-order valence-electron chi connectivity index (χ3n) is 2.30. The van der Waals surface area contributed by atoms with E-state index in [2.05, 4.69) is 26.2 Å². The summed E-state index contributed by atoms with van der Waals surface area (Å²) in [7, 11) is -1.46. The fraction of sp³-hybridized carbons (Fsp3) is 0.385. The zero-order valence-electron chi connectivity index (χ0n) is 10.9. The van der Waals surface area contributed by atoms with E-state index < -0.39 is 14.0 Å². The fourth-order valence-corrected chi connectivity index (χ4v) is 2.59. The molecule has 4 heteroatoms. The van der Waals surface area contributed by atoms with Gasteiger partial charge in [-0.1, -0.05) is 38.4 Å². The lowest BCUT2D eigenvalue weighted by Gasteiger charge is -2.20. The predicted octanol–water partition coefficient (Wildman–Crippen LogP) is 2.99. The van der Waals surface area contributed by atoms with E-state index in [-0.39, 0.29) is 12.2 Å². The lowest BCUT2D eigenvalue weighted by molar-refractivity contribution is -0.137. The number of esters is 1. The van der Waals surface area contributed by atoms with Crippen molar-refractivity contribution in [3.63, 3.8) is 0 Å². The Morgan fingerprint density at radius 2 is 2.06 bits per heavy atom. The molecule has 0 heterocycles. The number of nitrogens with zero attached hydrogens (tertiary/aromatic N) is 1. The van der Waals surface area contributed by atoms with Crippen LogP contribution in [-0.4, -0.2) is 20.7 Å². The standard InChI is InChI=1S/C13H19NO2Si/c1-6-8-11(9-14)13(15)16-10-12(7-2)17(3,4)5/h6-8H,1,10H2,2-5H3. The summed E-state index contributed by atoms with van der Waals surface area (Å²) >= 11 is 0. The third-order valence-corrected chi connectivity index (χ3v) is 4.66. The second-order valence-corrected chi connectivity index (χ2v) is 9.71. The molecule has 0 N–H and O–H groups in total. The minimum atomic E-state index is -1.46. The van der Waals surface area contributed by atoms with Crippen molar-refractivity contribution in [3.8, 4) is 6.07 Å². The molecule has 0 radical (unpaired) electrons. The summed E-state index contributed by atoms with van der Waals surface area (Å²) in [5, 5.41) is 9.89. The maximum atomic E-state index is 11.5. The van der Waals surface area contributed by atoms with Gasteiger partial charge in [-0.2, -0.15) is 5.26 Å². The Hall–Kier alpha value is -1.60. The molecule has 17 heavy (non-hydrogen) atoms. The number of rotatable bonds is 5. The summed E-state index contributed by atoms with van der Waals surface area (Å²) in [4.78, 5) is 11.5. The van der Waals surface area contributed by atoms with Gasteiger partial charge < -0.3 is 4.74 Å². The molecule has 0 saturated carbocycles. The Kier molecular flexibility index (Phi) is 6.22. The molecule has 0 unspecified atom stereocenters. The molecular formula is C13H19NO2Si. The lowest BCUT2D eigenvalue weighted by atomic mass is 10.3. The SMILES string of the molecule is C=CC=C(C#N)C(=O)OCC(=CC)[Si](C)(C)C. The first-order valence-corrected chi connectivity index (χ1v) is 8.92. The van der Waals surface area contributed by atoms with Crippen LogP contribution in [0.3, 0.4) is 0 Å². The van der Waals surface area contributed by atoms with Gasteiger partial charge >= 0.3 is 5.97 Å². The minimum absolute atomic E-state index is 0.0222. The van der Waals surface area contributed by atoms with Gasteiger partial charge in [-0.05, 0) is 18.2 Å². The van der Waals surface area contributed by atoms with Crippen molar-refractivity contribution in [2.45, 2.75) is 26.6 Å². The first kappa shape index (κ1) is 15.4. The van der Waals surface area contributed by atoms with Gasteiger partial charge in [0.05, 0.1) is 8.07 Å². The Balaban J connectivity index is 4.60. The summed E-state index contributed by atoms with van der Waals surface area (Å²) in [6, 6.07) is 1.79. The van der Waals surface area contributed by atoms with Crippen LogP contribution in [0.25, 0.3) is 0 Å². The average Bonchev–Trinajstić information content (AvgIpc) is 2.24. The van der Waals surface area contributed by atoms with Gasteiger partial charge in [0.2, 0.25) is 0 Å². The maximum Gasteiger partial charge on any atom is 0.349 e. The first-order chi connectivity index (χ1) is 7.86. The van der Waals surface area contributed by atoms with E-state index in [0.29, 0.717) is 0 Å². The van der Waals surface area contributed by atoms with Crippen LogP contribution in [0.2, 0.25) is 19.6 Å². The molecule has 0 aliphatic carbocycles. The van der Waals surface area contributed by atoms with Gasteiger partial charge in [-0.15, -0.1) is 0 Å². The summed E-state index contributed by atoms with van der Waals surface area (Å²) in [6.07, 6.45) is 4.74. The predicted molar refractivity (Wildman–Crippen MR) is 72.0 cm³/mol. The molecule has 0 aromatic carbocycles. The zero-order valence-corrected chi connectivity index (χ0v) is 11.9. The smallest absolute Gasteiger partial charge is 0.349 e. The van der Waals surface area contributed by atoms with Crippen LogP contribution < -0.4 is 0 Å². The van der Waals surface area contributed by atoms with Crippen LogP contribution >= 0.6 is 0 Å². The monoisotopic (exact) mass is 249 g/mol. The van der Waals surface area contributed by atoms with E-state index in [1.54, 1.807) is 6.07 Å². The molecule has 0 amide bonds. The Bertz CT molecular complexity index is 395. The number of carbonyl (C=O) groups is 1. The van der Waals surface area contributed by atoms with Crippen molar-refractivity contribution in [2.75, 3.05) is 6.61 Å². The lowest BCUT2D eigenvalue weighted by Crippen LogP contribution is -2.28. The van der Waals surface area contributed by atoms with Crippen LogP contribution in [0.15, 0.2) is 35.6 Å². The quantitative estimate of drug-likeness (QED) is 0.247. The third kappa shape index (κ3) is 5.32. The molecule has 92 valence electrons. The molecule has 0 bridgehead atoms. The van der Waals surface area contributed by atoms with Crippen LogP contribution in [0, 0.1) is 11.3 Å². The van der Waals surface area contributed by atoms with E-state index in [1.807, 2.05) is 13.0 Å². The van der Waals surface area contributed by atoms with Crippen LogP contribution in [0.4, 0.5) is 0 Å². The molecule has 0 rings (SSSR count). The van der Waals surface area contributed by atoms with E-state index in [1.165, 1.54) is 12.2 Å². The largest absolute Gasteiger partial charge is 0.457 e. The number of hydrogen-bond donors (Lipinski definition) is 0. The van der Waals surface area contributed by atoms with Crippen molar-refractivity contribution in [1.29, 1.82) is 5.26 Å². The van der Waals surface area contributed by atoms with E-state index in [0.717, 1.165) is 5.20 Å². The van der Waals surface area contributed by atoms with Crippen molar-refractivity contribution in [3.05, 3.63) is 35.6 Å². The van der Waals surface area contributed by atoms with Crippen LogP contribution in [-0.2, 0) is 9.53 Å².